The number of carboxylic acids is 1. The summed E-state index contributed by atoms with van der Waals surface area (Å²) < 4.78 is 5.24. The van der Waals surface area contributed by atoms with Crippen molar-refractivity contribution >= 4 is 34.2 Å². The van der Waals surface area contributed by atoms with E-state index >= 15 is 0 Å². The van der Waals surface area contributed by atoms with E-state index in [9.17, 15) is 19.5 Å². The first-order valence-corrected chi connectivity index (χ1v) is 11.1. The molecule has 1 heterocycles. The van der Waals surface area contributed by atoms with Gasteiger partial charge in [0.15, 0.2) is 0 Å². The van der Waals surface area contributed by atoms with Crippen LogP contribution >= 0.6 is 11.3 Å². The fraction of sp³-hybridized carbons (Fsp3) is 0.435. The Morgan fingerprint density at radius 1 is 1.13 bits per heavy atom. The number of hydrogen-bond acceptors (Lipinski definition) is 6. The number of amides is 1. The Labute approximate surface area is 180 Å². The molecule has 2 aromatic rings. The molecule has 2 atom stereocenters. The second-order valence-electron chi connectivity index (χ2n) is 7.68. The van der Waals surface area contributed by atoms with Gasteiger partial charge in [-0.3, -0.25) is 4.79 Å². The number of esters is 1. The Balaban J connectivity index is 1.95. The minimum absolute atomic E-state index is 0.212. The van der Waals surface area contributed by atoms with Gasteiger partial charge in [0.25, 0.3) is 0 Å². The summed E-state index contributed by atoms with van der Waals surface area (Å²) in [7, 11) is 0. The molecule has 0 radical (unpaired) electrons. The molecule has 1 aliphatic rings. The Morgan fingerprint density at radius 3 is 2.47 bits per heavy atom. The topological polar surface area (TPSA) is 95.5 Å². The monoisotopic (exact) mass is 428 g/mol. The van der Waals surface area contributed by atoms with Crippen LogP contribution in [0.2, 0.25) is 0 Å². The highest BCUT2D eigenvalue weighted by atomic mass is 32.1. The molecule has 1 aliphatic carbocycles. The summed E-state index contributed by atoms with van der Waals surface area (Å²) in [6.45, 7) is 5.96. The molecule has 1 saturated carbocycles. The molecule has 0 saturated heterocycles. The van der Waals surface area contributed by atoms with E-state index in [1.54, 1.807) is 6.92 Å². The van der Waals surface area contributed by atoms with Crippen molar-refractivity contribution in [2.24, 2.45) is 11.8 Å². The Kier molecular flexibility index (Phi) is 6.92. The number of thiophene rings is 1. The Hall–Kier alpha value is -2.67. The lowest BCUT2D eigenvalue weighted by atomic mass is 9.79. The van der Waals surface area contributed by atoms with Crippen molar-refractivity contribution in [3.05, 3.63) is 40.3 Å². The van der Waals surface area contributed by atoms with Gasteiger partial charge < -0.3 is 20.0 Å². The summed E-state index contributed by atoms with van der Waals surface area (Å²) in [6, 6.07) is 5.92. The number of carbonyl (C=O) groups is 3. The van der Waals surface area contributed by atoms with Gasteiger partial charge in [-0.25, -0.2) is 4.79 Å². The van der Waals surface area contributed by atoms with Crippen molar-refractivity contribution in [2.75, 3.05) is 11.9 Å². The maximum absolute atomic E-state index is 12.9. The molecule has 160 valence electrons. The standard InChI is InChI=1S/C23H27NO5S/c1-4-29-23(28)19-18(15-10-9-13(2)14(3)11-15)12-30-21(19)24-20(25)16-7-5-6-8-17(16)22(26)27/h9-12,16-17H,4-8H2,1-3H3,(H,24,25)(H,26,27)/p-1/t16-,17+/m0/s1. The van der Waals surface area contributed by atoms with E-state index in [-0.39, 0.29) is 12.5 Å². The van der Waals surface area contributed by atoms with E-state index in [0.29, 0.717) is 29.0 Å². The number of carboxylic acid groups (broad SMARTS) is 1. The molecule has 0 unspecified atom stereocenters. The van der Waals surface area contributed by atoms with Crippen LogP contribution in [-0.2, 0) is 14.3 Å². The van der Waals surface area contributed by atoms with Crippen molar-refractivity contribution in [1.82, 2.24) is 0 Å². The van der Waals surface area contributed by atoms with E-state index in [1.165, 1.54) is 11.3 Å². The number of aliphatic carboxylic acids is 1. The first-order valence-electron chi connectivity index (χ1n) is 10.2. The van der Waals surface area contributed by atoms with Crippen LogP contribution in [0.25, 0.3) is 11.1 Å². The van der Waals surface area contributed by atoms with Crippen LogP contribution in [0.3, 0.4) is 0 Å². The Morgan fingerprint density at radius 2 is 1.83 bits per heavy atom. The number of benzene rings is 1. The highest BCUT2D eigenvalue weighted by Gasteiger charge is 2.33. The van der Waals surface area contributed by atoms with Crippen molar-refractivity contribution in [3.63, 3.8) is 0 Å². The SMILES string of the molecule is CCOC(=O)c1c(-c2ccc(C)c(C)c2)csc1NC(=O)[C@H]1CCCC[C@H]1C(=O)[O-]. The van der Waals surface area contributed by atoms with Gasteiger partial charge in [-0.1, -0.05) is 31.0 Å². The summed E-state index contributed by atoms with van der Waals surface area (Å²) in [6.07, 6.45) is 2.50. The minimum atomic E-state index is -1.19. The summed E-state index contributed by atoms with van der Waals surface area (Å²) in [4.78, 5) is 37.1. The lowest BCUT2D eigenvalue weighted by Gasteiger charge is -2.31. The molecule has 1 aromatic heterocycles. The van der Waals surface area contributed by atoms with Gasteiger partial charge in [-0.2, -0.15) is 0 Å². The normalized spacial score (nSPS) is 18.6. The van der Waals surface area contributed by atoms with E-state index in [2.05, 4.69) is 5.32 Å². The third kappa shape index (κ3) is 4.56. The van der Waals surface area contributed by atoms with Crippen LogP contribution in [0.4, 0.5) is 5.00 Å². The second kappa shape index (κ2) is 9.43. The summed E-state index contributed by atoms with van der Waals surface area (Å²) in [5, 5.41) is 16.5. The predicted molar refractivity (Wildman–Crippen MR) is 114 cm³/mol. The summed E-state index contributed by atoms with van der Waals surface area (Å²) in [5.41, 5.74) is 4.10. The van der Waals surface area contributed by atoms with Crippen LogP contribution in [0.1, 0.15) is 54.1 Å². The molecule has 1 N–H and O–H groups in total. The molecule has 0 bridgehead atoms. The first kappa shape index (κ1) is 22.0. The average molecular weight is 429 g/mol. The first-order chi connectivity index (χ1) is 14.3. The second-order valence-corrected chi connectivity index (χ2v) is 8.56. The molecule has 7 heteroatoms. The molecule has 1 fully saturated rings. The largest absolute Gasteiger partial charge is 0.550 e. The highest BCUT2D eigenvalue weighted by Crippen LogP contribution is 2.38. The molecule has 30 heavy (non-hydrogen) atoms. The fourth-order valence-electron chi connectivity index (χ4n) is 3.91. The summed E-state index contributed by atoms with van der Waals surface area (Å²) in [5.74, 6) is -3.55. The zero-order valence-corrected chi connectivity index (χ0v) is 18.3. The number of aryl methyl sites for hydroxylation is 2. The van der Waals surface area contributed by atoms with Gasteiger partial charge in [0.05, 0.1) is 6.61 Å². The maximum Gasteiger partial charge on any atom is 0.341 e. The van der Waals surface area contributed by atoms with Gasteiger partial charge in [0.2, 0.25) is 5.91 Å². The van der Waals surface area contributed by atoms with Crippen LogP contribution in [0.5, 0.6) is 0 Å². The fourth-order valence-corrected chi connectivity index (χ4v) is 4.87. The van der Waals surface area contributed by atoms with Crippen molar-refractivity contribution in [2.45, 2.75) is 46.5 Å². The minimum Gasteiger partial charge on any atom is -0.550 e. The lowest BCUT2D eigenvalue weighted by Crippen LogP contribution is -2.42. The molecule has 6 nitrogen and oxygen atoms in total. The number of ether oxygens (including phenoxy) is 1. The maximum atomic E-state index is 12.9. The molecule has 0 aliphatic heterocycles. The van der Waals surface area contributed by atoms with Gasteiger partial charge in [-0.05, 0) is 50.3 Å². The molecule has 3 rings (SSSR count). The molecule has 0 spiro atoms. The van der Waals surface area contributed by atoms with Crippen molar-refractivity contribution in [1.29, 1.82) is 0 Å². The van der Waals surface area contributed by atoms with Crippen LogP contribution in [0, 0.1) is 25.7 Å². The zero-order chi connectivity index (χ0) is 21.8. The third-order valence-corrected chi connectivity index (χ3v) is 6.63. The van der Waals surface area contributed by atoms with Crippen LogP contribution in [0.15, 0.2) is 23.6 Å². The van der Waals surface area contributed by atoms with E-state index in [4.69, 9.17) is 4.74 Å². The van der Waals surface area contributed by atoms with Crippen LogP contribution in [-0.4, -0.2) is 24.5 Å². The highest BCUT2D eigenvalue weighted by molar-refractivity contribution is 7.15. The molecular formula is C23H26NO5S-. The van der Waals surface area contributed by atoms with Gasteiger partial charge in [-0.15, -0.1) is 11.3 Å². The summed E-state index contributed by atoms with van der Waals surface area (Å²) >= 11 is 1.24. The quantitative estimate of drug-likeness (QED) is 0.708. The number of carbonyl (C=O) groups excluding carboxylic acids is 3. The lowest BCUT2D eigenvalue weighted by molar-refractivity contribution is -0.313. The smallest absolute Gasteiger partial charge is 0.341 e. The molecule has 1 aromatic carbocycles. The van der Waals surface area contributed by atoms with Crippen molar-refractivity contribution < 1.29 is 24.2 Å². The van der Waals surface area contributed by atoms with Gasteiger partial charge >= 0.3 is 5.97 Å². The van der Waals surface area contributed by atoms with Crippen molar-refractivity contribution in [3.8, 4) is 11.1 Å². The number of nitrogens with one attached hydrogen (secondary N) is 1. The molecule has 1 amide bonds. The zero-order valence-electron chi connectivity index (χ0n) is 17.4. The van der Waals surface area contributed by atoms with E-state index in [0.717, 1.165) is 29.5 Å². The number of anilines is 1. The van der Waals surface area contributed by atoms with E-state index < -0.39 is 23.8 Å². The molecular weight excluding hydrogens is 402 g/mol. The van der Waals surface area contributed by atoms with Gasteiger partial charge in [0.1, 0.15) is 10.6 Å². The van der Waals surface area contributed by atoms with Gasteiger partial charge in [0, 0.05) is 28.7 Å². The van der Waals surface area contributed by atoms with Crippen LogP contribution < -0.4 is 10.4 Å². The predicted octanol–water partition coefficient (Wildman–Crippen LogP) is 3.70. The number of hydrogen-bond donors (Lipinski definition) is 1. The number of rotatable bonds is 6. The Bertz CT molecular complexity index is 964. The van der Waals surface area contributed by atoms with E-state index in [1.807, 2.05) is 37.4 Å². The third-order valence-electron chi connectivity index (χ3n) is 5.73. The average Bonchev–Trinajstić information content (AvgIpc) is 3.13.